The fourth-order valence-electron chi connectivity index (χ4n) is 2.56. The molecule has 1 aliphatic rings. The minimum absolute atomic E-state index is 0. The van der Waals surface area contributed by atoms with Crippen molar-refractivity contribution in [3.05, 3.63) is 65.8 Å². The van der Waals surface area contributed by atoms with Gasteiger partial charge in [0.2, 0.25) is 0 Å². The number of rotatable bonds is 3. The molecule has 0 spiro atoms. The van der Waals surface area contributed by atoms with Crippen LogP contribution in [-0.4, -0.2) is 23.3 Å². The van der Waals surface area contributed by atoms with Crippen LogP contribution < -0.4 is 11.1 Å². The number of amides is 1. The first kappa shape index (κ1) is 20.2. The van der Waals surface area contributed by atoms with Gasteiger partial charge in [0.05, 0.1) is 6.61 Å². The van der Waals surface area contributed by atoms with Gasteiger partial charge in [-0.15, -0.1) is 0 Å². The molecule has 6 nitrogen and oxygen atoms in total. The number of hydrogen-bond acceptors (Lipinski definition) is 5. The molecule has 2 aromatic rings. The van der Waals surface area contributed by atoms with Gasteiger partial charge in [0.25, 0.3) is 5.91 Å². The van der Waals surface area contributed by atoms with Crippen LogP contribution in [0.15, 0.2) is 41.5 Å². The second-order valence-corrected chi connectivity index (χ2v) is 6.05. The van der Waals surface area contributed by atoms with E-state index in [-0.39, 0.29) is 50.0 Å². The topological polar surface area (TPSA) is 89.6 Å². The van der Waals surface area contributed by atoms with Crippen LogP contribution in [0.1, 0.15) is 28.5 Å². The SMILES string of the molecule is Cc1ccc(C(=O)Nc2ccc(F)c(C3(C)[CH-]OCC(N)=N3)c2)nc1.[Re]. The second kappa shape index (κ2) is 8.04. The van der Waals surface area contributed by atoms with E-state index in [0.29, 0.717) is 5.69 Å². The number of aliphatic imine (C=N–C) groups is 1. The van der Waals surface area contributed by atoms with Crippen molar-refractivity contribution >= 4 is 17.4 Å². The van der Waals surface area contributed by atoms with Gasteiger partial charge in [0, 0.05) is 32.3 Å². The molecule has 1 radical (unpaired) electrons. The van der Waals surface area contributed by atoms with Crippen LogP contribution in [0.2, 0.25) is 0 Å². The van der Waals surface area contributed by atoms with Crippen LogP contribution in [0, 0.1) is 19.3 Å². The molecular formula is C18H18FN4O2Re-. The Morgan fingerprint density at radius 1 is 1.38 bits per heavy atom. The third kappa shape index (κ3) is 4.33. The van der Waals surface area contributed by atoms with Crippen molar-refractivity contribution in [2.24, 2.45) is 10.7 Å². The molecule has 0 bridgehead atoms. The van der Waals surface area contributed by atoms with Crippen molar-refractivity contribution in [2.75, 3.05) is 11.9 Å². The molecule has 2 heterocycles. The van der Waals surface area contributed by atoms with Gasteiger partial charge in [-0.3, -0.25) is 14.8 Å². The number of carbonyl (C=O) groups is 1. The Hall–Kier alpha value is -2.14. The Morgan fingerprint density at radius 2 is 2.15 bits per heavy atom. The number of aryl methyl sites for hydroxylation is 1. The number of amidine groups is 1. The zero-order valence-electron chi connectivity index (χ0n) is 14.3. The summed E-state index contributed by atoms with van der Waals surface area (Å²) in [4.78, 5) is 20.6. The molecule has 1 aromatic carbocycles. The normalized spacial score (nSPS) is 19.3. The average Bonchev–Trinajstić information content (AvgIpc) is 2.57. The summed E-state index contributed by atoms with van der Waals surface area (Å²) in [6.07, 6.45) is 1.61. The molecule has 3 rings (SSSR count). The van der Waals surface area contributed by atoms with Crippen molar-refractivity contribution < 1.29 is 34.3 Å². The number of nitrogens with one attached hydrogen (secondary N) is 1. The standard InChI is InChI=1S/C18H18FN4O2.Re/c1-11-3-6-15(21-8-11)17(24)22-12-4-5-14(19)13(7-12)18(2)10-25-9-16(20)23-18;/h3-8,10H,9H2,1-2H3,(H2,20,23)(H,22,24);/q-1;. The predicted molar refractivity (Wildman–Crippen MR) is 92.6 cm³/mol. The summed E-state index contributed by atoms with van der Waals surface area (Å²) in [6, 6.07) is 7.69. The number of pyridine rings is 1. The van der Waals surface area contributed by atoms with Crippen molar-refractivity contribution in [1.82, 2.24) is 4.98 Å². The molecule has 0 saturated carbocycles. The number of nitrogens with two attached hydrogens (primary N) is 1. The Morgan fingerprint density at radius 3 is 2.81 bits per heavy atom. The first-order chi connectivity index (χ1) is 11.9. The van der Waals surface area contributed by atoms with Gasteiger partial charge in [-0.2, -0.15) is 6.61 Å². The number of halogens is 1. The van der Waals surface area contributed by atoms with Crippen LogP contribution in [-0.2, 0) is 30.7 Å². The van der Waals surface area contributed by atoms with Gasteiger partial charge in [0.1, 0.15) is 17.3 Å². The van der Waals surface area contributed by atoms with Crippen LogP contribution >= 0.6 is 0 Å². The van der Waals surface area contributed by atoms with Gasteiger partial charge in [-0.05, 0) is 47.9 Å². The molecular weight excluding hydrogens is 509 g/mol. The summed E-state index contributed by atoms with van der Waals surface area (Å²) >= 11 is 0. The largest absolute Gasteiger partial charge is 0.544 e. The van der Waals surface area contributed by atoms with Crippen molar-refractivity contribution in [1.29, 1.82) is 0 Å². The maximum absolute atomic E-state index is 14.3. The molecule has 0 fully saturated rings. The van der Waals surface area contributed by atoms with Gasteiger partial charge >= 0.3 is 0 Å². The minimum Gasteiger partial charge on any atom is -0.544 e. The van der Waals surface area contributed by atoms with Gasteiger partial charge in [-0.1, -0.05) is 13.0 Å². The second-order valence-electron chi connectivity index (χ2n) is 6.05. The van der Waals surface area contributed by atoms with E-state index in [2.05, 4.69) is 15.3 Å². The summed E-state index contributed by atoms with van der Waals surface area (Å²) in [7, 11) is 0. The number of ether oxygens (including phenoxy) is 1. The van der Waals surface area contributed by atoms with Crippen molar-refractivity contribution in [3.63, 3.8) is 0 Å². The van der Waals surface area contributed by atoms with Crippen molar-refractivity contribution in [2.45, 2.75) is 19.4 Å². The fourth-order valence-corrected chi connectivity index (χ4v) is 2.56. The molecule has 0 aliphatic carbocycles. The maximum atomic E-state index is 14.3. The number of anilines is 1. The van der Waals surface area contributed by atoms with Gasteiger partial charge < -0.3 is 15.8 Å². The van der Waals surface area contributed by atoms with Crippen LogP contribution in [0.4, 0.5) is 10.1 Å². The van der Waals surface area contributed by atoms with Crippen molar-refractivity contribution in [3.8, 4) is 0 Å². The summed E-state index contributed by atoms with van der Waals surface area (Å²) < 4.78 is 19.6. The van der Waals surface area contributed by atoms with E-state index >= 15 is 0 Å². The average molecular weight is 528 g/mol. The summed E-state index contributed by atoms with van der Waals surface area (Å²) in [6.45, 7) is 5.18. The zero-order valence-corrected chi connectivity index (χ0v) is 17.0. The minimum atomic E-state index is -1.06. The third-order valence-electron chi connectivity index (χ3n) is 3.83. The summed E-state index contributed by atoms with van der Waals surface area (Å²) in [5, 5.41) is 2.71. The maximum Gasteiger partial charge on any atom is 0.274 e. The number of aromatic nitrogens is 1. The Kier molecular flexibility index (Phi) is 6.24. The quantitative estimate of drug-likeness (QED) is 0.601. The molecule has 1 atom stereocenters. The van der Waals surface area contributed by atoms with E-state index in [9.17, 15) is 9.18 Å². The first-order valence-electron chi connectivity index (χ1n) is 7.71. The molecule has 1 aliphatic heterocycles. The molecule has 8 heteroatoms. The summed E-state index contributed by atoms with van der Waals surface area (Å²) in [5.74, 6) is -0.565. The molecule has 1 aromatic heterocycles. The zero-order chi connectivity index (χ0) is 18.0. The smallest absolute Gasteiger partial charge is 0.274 e. The van der Waals surface area contributed by atoms with E-state index in [1.165, 1.54) is 24.8 Å². The molecule has 1 unspecified atom stereocenters. The monoisotopic (exact) mass is 528 g/mol. The Balaban J connectivity index is 0.00000243. The first-order valence-corrected chi connectivity index (χ1v) is 7.71. The third-order valence-corrected chi connectivity index (χ3v) is 3.83. The van der Waals surface area contributed by atoms with Gasteiger partial charge in [0.15, 0.2) is 0 Å². The van der Waals surface area contributed by atoms with Crippen LogP contribution in [0.5, 0.6) is 0 Å². The molecule has 0 saturated heterocycles. The predicted octanol–water partition coefficient (Wildman–Crippen LogP) is 2.54. The van der Waals surface area contributed by atoms with Crippen LogP contribution in [0.25, 0.3) is 0 Å². The van der Waals surface area contributed by atoms with E-state index < -0.39 is 11.4 Å². The molecule has 3 N–H and O–H groups in total. The fraction of sp³-hybridized carbons (Fsp3) is 0.222. The number of benzene rings is 1. The Labute approximate surface area is 164 Å². The van der Waals surface area contributed by atoms with E-state index in [0.717, 1.165) is 5.56 Å². The van der Waals surface area contributed by atoms with E-state index in [4.69, 9.17) is 10.5 Å². The molecule has 1 amide bonds. The molecule has 137 valence electrons. The summed E-state index contributed by atoms with van der Waals surface area (Å²) in [5.41, 5.74) is 6.56. The number of carbonyl (C=O) groups excluding carboxylic acids is 1. The number of nitrogens with zero attached hydrogens (tertiary/aromatic N) is 2. The number of hydrogen-bond donors (Lipinski definition) is 2. The molecule has 26 heavy (non-hydrogen) atoms. The van der Waals surface area contributed by atoms with Gasteiger partial charge in [-0.25, -0.2) is 4.39 Å². The Bertz CT molecular complexity index is 842. The van der Waals surface area contributed by atoms with E-state index in [1.807, 2.05) is 6.92 Å². The van der Waals surface area contributed by atoms with E-state index in [1.54, 1.807) is 25.3 Å². The van der Waals surface area contributed by atoms with Crippen LogP contribution in [0.3, 0.4) is 0 Å².